The molecular formula is C22H28BrN3O2. The highest BCUT2D eigenvalue weighted by Gasteiger charge is 2.40. The summed E-state index contributed by atoms with van der Waals surface area (Å²) in [7, 11) is 2.22. The van der Waals surface area contributed by atoms with Crippen LogP contribution in [0.4, 0.5) is 4.79 Å². The number of likely N-dealkylation sites (tertiary alicyclic amines) is 2. The van der Waals surface area contributed by atoms with Crippen molar-refractivity contribution in [3.05, 3.63) is 33.9 Å². The van der Waals surface area contributed by atoms with E-state index in [9.17, 15) is 4.79 Å². The lowest BCUT2D eigenvalue weighted by Gasteiger charge is -2.45. The third-order valence-corrected chi connectivity index (χ3v) is 7.62. The van der Waals surface area contributed by atoms with E-state index in [0.29, 0.717) is 24.5 Å². The summed E-state index contributed by atoms with van der Waals surface area (Å²) in [6, 6.07) is 7.13. The van der Waals surface area contributed by atoms with Gasteiger partial charge >= 0.3 is 6.09 Å². The van der Waals surface area contributed by atoms with Gasteiger partial charge in [-0.2, -0.15) is 0 Å². The van der Waals surface area contributed by atoms with Crippen molar-refractivity contribution in [1.82, 2.24) is 14.8 Å². The third-order valence-electron chi connectivity index (χ3n) is 6.94. The van der Waals surface area contributed by atoms with E-state index in [0.717, 1.165) is 49.9 Å². The molecule has 1 amide bonds. The Morgan fingerprint density at radius 2 is 2.11 bits per heavy atom. The van der Waals surface area contributed by atoms with Gasteiger partial charge in [-0.25, -0.2) is 4.79 Å². The summed E-state index contributed by atoms with van der Waals surface area (Å²) in [6.45, 7) is 3.22. The molecule has 0 saturated carbocycles. The predicted octanol–water partition coefficient (Wildman–Crippen LogP) is 4.51. The second-order valence-electron chi connectivity index (χ2n) is 8.73. The van der Waals surface area contributed by atoms with Crippen LogP contribution in [0.25, 0.3) is 10.9 Å². The van der Waals surface area contributed by atoms with Gasteiger partial charge in [0.1, 0.15) is 0 Å². The number of carbonyl (C=O) groups is 1. The molecule has 5 nitrogen and oxygen atoms in total. The van der Waals surface area contributed by atoms with Crippen molar-refractivity contribution in [3.63, 3.8) is 0 Å². The van der Waals surface area contributed by atoms with Gasteiger partial charge in [0, 0.05) is 48.4 Å². The standard InChI is InChI=1S/C22H28BrN3O2/c1-25-12-14(13-28-22(27)26-8-3-2-4-9-26)10-16-15-6-5-7-18-20(15)17(11-19(16)25)21(23)24-18/h5-7,14,16,19,24H,2-4,8-13H2,1H3/t14-,16?,19-/m1/s1. The van der Waals surface area contributed by atoms with Gasteiger partial charge in [-0.3, -0.25) is 0 Å². The minimum absolute atomic E-state index is 0.118. The van der Waals surface area contributed by atoms with E-state index < -0.39 is 0 Å². The SMILES string of the molecule is CN1C[C@H](COC(=O)N2CCCCC2)CC2c3cccc4[nH]c(Br)c(c34)C[C@H]21. The molecule has 1 N–H and O–H groups in total. The van der Waals surface area contributed by atoms with Crippen LogP contribution >= 0.6 is 15.9 Å². The molecule has 28 heavy (non-hydrogen) atoms. The van der Waals surface area contributed by atoms with Crippen LogP contribution in [0.5, 0.6) is 0 Å². The quantitative estimate of drug-likeness (QED) is 0.739. The first kappa shape index (κ1) is 18.5. The molecular weight excluding hydrogens is 418 g/mol. The molecule has 3 aliphatic rings. The number of nitrogens with zero attached hydrogens (tertiary/aromatic N) is 2. The van der Waals surface area contributed by atoms with E-state index in [2.05, 4.69) is 51.1 Å². The van der Waals surface area contributed by atoms with E-state index in [-0.39, 0.29) is 6.09 Å². The molecule has 0 spiro atoms. The van der Waals surface area contributed by atoms with Crippen molar-refractivity contribution in [1.29, 1.82) is 0 Å². The molecule has 0 bridgehead atoms. The Bertz CT molecular complexity index is 889. The Hall–Kier alpha value is -1.53. The van der Waals surface area contributed by atoms with Gasteiger partial charge in [0.2, 0.25) is 0 Å². The molecule has 1 aromatic heterocycles. The zero-order valence-electron chi connectivity index (χ0n) is 16.4. The predicted molar refractivity (Wildman–Crippen MR) is 114 cm³/mol. The number of halogens is 1. The Kier molecular flexibility index (Phi) is 4.87. The highest BCUT2D eigenvalue weighted by molar-refractivity contribution is 9.10. The van der Waals surface area contributed by atoms with E-state index in [1.807, 2.05) is 4.90 Å². The minimum Gasteiger partial charge on any atom is -0.449 e. The molecule has 3 atom stereocenters. The fourth-order valence-electron chi connectivity index (χ4n) is 5.57. The summed E-state index contributed by atoms with van der Waals surface area (Å²) < 4.78 is 6.87. The van der Waals surface area contributed by atoms with Gasteiger partial charge < -0.3 is 19.5 Å². The average molecular weight is 446 g/mol. The summed E-state index contributed by atoms with van der Waals surface area (Å²) >= 11 is 3.73. The zero-order chi connectivity index (χ0) is 19.3. The molecule has 1 aliphatic carbocycles. The van der Waals surface area contributed by atoms with Crippen LogP contribution < -0.4 is 0 Å². The highest BCUT2D eigenvalue weighted by atomic mass is 79.9. The summed E-state index contributed by atoms with van der Waals surface area (Å²) in [5.74, 6) is 0.885. The second kappa shape index (κ2) is 7.38. The van der Waals surface area contributed by atoms with Crippen molar-refractivity contribution in [2.24, 2.45) is 5.92 Å². The molecule has 1 unspecified atom stereocenters. The molecule has 2 fully saturated rings. The smallest absolute Gasteiger partial charge is 0.409 e. The van der Waals surface area contributed by atoms with Crippen LogP contribution in [-0.2, 0) is 11.2 Å². The number of nitrogens with one attached hydrogen (secondary N) is 1. The monoisotopic (exact) mass is 445 g/mol. The van der Waals surface area contributed by atoms with Crippen LogP contribution in [0.2, 0.25) is 0 Å². The van der Waals surface area contributed by atoms with Gasteiger partial charge in [0.15, 0.2) is 0 Å². The lowest BCUT2D eigenvalue weighted by Crippen LogP contribution is -2.49. The van der Waals surface area contributed by atoms with Crippen molar-refractivity contribution >= 4 is 32.9 Å². The molecule has 2 aromatic rings. The number of fused-ring (bicyclic) bond motifs is 2. The van der Waals surface area contributed by atoms with Gasteiger partial charge in [0.05, 0.1) is 11.2 Å². The zero-order valence-corrected chi connectivity index (χ0v) is 18.0. The lowest BCUT2D eigenvalue weighted by molar-refractivity contribution is 0.0444. The van der Waals surface area contributed by atoms with Gasteiger partial charge in [-0.1, -0.05) is 12.1 Å². The fraction of sp³-hybridized carbons (Fsp3) is 0.591. The molecule has 150 valence electrons. The van der Waals surface area contributed by atoms with Crippen LogP contribution in [0, 0.1) is 5.92 Å². The number of piperidine rings is 2. The molecule has 5 rings (SSSR count). The van der Waals surface area contributed by atoms with Crippen LogP contribution in [0.1, 0.15) is 42.7 Å². The van der Waals surface area contributed by atoms with Crippen molar-refractivity contribution in [2.75, 3.05) is 33.3 Å². The molecule has 3 heterocycles. The molecule has 0 radical (unpaired) electrons. The first-order valence-electron chi connectivity index (χ1n) is 10.5. The van der Waals surface area contributed by atoms with Crippen LogP contribution in [0.3, 0.4) is 0 Å². The van der Waals surface area contributed by atoms with Gasteiger partial charge in [0.25, 0.3) is 0 Å². The number of benzene rings is 1. The second-order valence-corrected chi connectivity index (χ2v) is 9.52. The minimum atomic E-state index is -0.118. The average Bonchev–Trinajstić information content (AvgIpc) is 3.04. The van der Waals surface area contributed by atoms with E-state index in [1.165, 1.54) is 28.5 Å². The molecule has 1 aromatic carbocycles. The molecule has 2 saturated heterocycles. The Labute approximate surface area is 174 Å². The number of hydrogen-bond donors (Lipinski definition) is 1. The number of rotatable bonds is 2. The number of aromatic nitrogens is 1. The van der Waals surface area contributed by atoms with Gasteiger partial charge in [-0.15, -0.1) is 0 Å². The maximum atomic E-state index is 12.4. The van der Waals surface area contributed by atoms with Crippen LogP contribution in [0.15, 0.2) is 22.8 Å². The highest BCUT2D eigenvalue weighted by Crippen LogP contribution is 2.46. The number of carbonyl (C=O) groups excluding carboxylic acids is 1. The topological polar surface area (TPSA) is 48.6 Å². The van der Waals surface area contributed by atoms with Crippen LogP contribution in [-0.4, -0.2) is 60.2 Å². The van der Waals surface area contributed by atoms with Gasteiger partial charge in [-0.05, 0) is 72.3 Å². The Balaban J connectivity index is 1.33. The summed E-state index contributed by atoms with van der Waals surface area (Å²) in [4.78, 5) is 20.3. The van der Waals surface area contributed by atoms with Crippen molar-refractivity contribution in [3.8, 4) is 0 Å². The summed E-state index contributed by atoms with van der Waals surface area (Å²) in [5.41, 5.74) is 4.08. The lowest BCUT2D eigenvalue weighted by atomic mass is 9.72. The van der Waals surface area contributed by atoms with E-state index in [1.54, 1.807) is 0 Å². The van der Waals surface area contributed by atoms with E-state index >= 15 is 0 Å². The number of ether oxygens (including phenoxy) is 1. The number of amides is 1. The van der Waals surface area contributed by atoms with Crippen molar-refractivity contribution < 1.29 is 9.53 Å². The first-order valence-corrected chi connectivity index (χ1v) is 11.3. The number of H-pyrrole nitrogens is 1. The number of likely N-dealkylation sites (N-methyl/N-ethyl adjacent to an activating group) is 1. The molecule has 6 heteroatoms. The largest absolute Gasteiger partial charge is 0.449 e. The third kappa shape index (κ3) is 3.14. The number of hydrogen-bond acceptors (Lipinski definition) is 3. The first-order chi connectivity index (χ1) is 13.6. The van der Waals surface area contributed by atoms with Crippen molar-refractivity contribution in [2.45, 2.75) is 44.1 Å². The Morgan fingerprint density at radius 1 is 1.29 bits per heavy atom. The molecule has 2 aliphatic heterocycles. The maximum absolute atomic E-state index is 12.4. The Morgan fingerprint density at radius 3 is 2.93 bits per heavy atom. The number of aromatic amines is 1. The van der Waals surface area contributed by atoms with E-state index in [4.69, 9.17) is 4.74 Å². The maximum Gasteiger partial charge on any atom is 0.409 e. The summed E-state index contributed by atoms with van der Waals surface area (Å²) in [5, 5.41) is 1.40. The normalized spacial score (nSPS) is 27.6. The summed E-state index contributed by atoms with van der Waals surface area (Å²) in [6.07, 6.45) is 5.46. The fourth-order valence-corrected chi connectivity index (χ4v) is 6.15.